The second-order valence-electron chi connectivity index (χ2n) is 6.13. The summed E-state index contributed by atoms with van der Waals surface area (Å²) in [4.78, 5) is 12.3. The first-order valence-corrected chi connectivity index (χ1v) is 8.06. The molecule has 5 rings (SSSR count). The molecule has 0 bridgehead atoms. The van der Waals surface area contributed by atoms with Crippen LogP contribution in [0.2, 0.25) is 0 Å². The SMILES string of the molecule is [2H]C([2H])([2H])c1nc(C([2H])([2H])[2H])c2c(ccc3oc4c(-c5cc(C([2H])([2H])[2H])c(C([2H])([2H])[2H])cn5)cccc4c32)n1. The van der Waals surface area contributed by atoms with E-state index in [9.17, 15) is 0 Å². The van der Waals surface area contributed by atoms with E-state index in [-0.39, 0.29) is 33.3 Å². The molecule has 3 heterocycles. The van der Waals surface area contributed by atoms with Crippen LogP contribution in [0.25, 0.3) is 44.1 Å². The molecule has 0 atom stereocenters. The molecule has 2 aromatic carbocycles. The van der Waals surface area contributed by atoms with E-state index in [0.717, 1.165) is 6.20 Å². The highest BCUT2D eigenvalue weighted by atomic mass is 16.3. The van der Waals surface area contributed by atoms with Crippen molar-refractivity contribution in [3.8, 4) is 11.3 Å². The van der Waals surface area contributed by atoms with Crippen molar-refractivity contribution >= 4 is 32.8 Å². The van der Waals surface area contributed by atoms with Crippen molar-refractivity contribution in [3.05, 3.63) is 65.2 Å². The number of furan rings is 1. The number of nitrogens with zero attached hydrogens (tertiary/aromatic N) is 3. The molecule has 0 amide bonds. The number of benzene rings is 2. The molecule has 4 heteroatoms. The average Bonchev–Trinajstić information content (AvgIpc) is 3.19. The lowest BCUT2D eigenvalue weighted by Crippen LogP contribution is -1.93. The van der Waals surface area contributed by atoms with Gasteiger partial charge in [0.2, 0.25) is 0 Å². The Morgan fingerprint density at radius 1 is 0.926 bits per heavy atom. The van der Waals surface area contributed by atoms with E-state index in [1.807, 2.05) is 0 Å². The van der Waals surface area contributed by atoms with E-state index in [1.54, 1.807) is 18.2 Å². The molecule has 3 aromatic heterocycles. The minimum absolute atomic E-state index is 0.102. The number of aryl methyl sites for hydroxylation is 4. The van der Waals surface area contributed by atoms with E-state index >= 15 is 0 Å². The molecule has 0 saturated heterocycles. The van der Waals surface area contributed by atoms with Crippen LogP contribution in [0.4, 0.5) is 0 Å². The number of rotatable bonds is 1. The van der Waals surface area contributed by atoms with Gasteiger partial charge < -0.3 is 4.42 Å². The van der Waals surface area contributed by atoms with Crippen molar-refractivity contribution < 1.29 is 20.9 Å². The van der Waals surface area contributed by atoms with Gasteiger partial charge in [0.1, 0.15) is 17.0 Å². The molecular weight excluding hydrogens is 334 g/mol. The topological polar surface area (TPSA) is 51.8 Å². The minimum atomic E-state index is -2.78. The molecule has 0 saturated carbocycles. The lowest BCUT2D eigenvalue weighted by atomic mass is 10.0. The maximum Gasteiger partial charge on any atom is 0.144 e. The third kappa shape index (κ3) is 2.33. The van der Waals surface area contributed by atoms with Crippen LogP contribution in [-0.2, 0) is 0 Å². The maximum absolute atomic E-state index is 8.04. The molecule has 0 radical (unpaired) electrons. The summed E-state index contributed by atoms with van der Waals surface area (Å²) in [5, 5.41) is 0.869. The molecule has 0 aliphatic rings. The van der Waals surface area contributed by atoms with E-state index < -0.39 is 44.5 Å². The summed E-state index contributed by atoms with van der Waals surface area (Å²) in [6, 6.07) is 9.07. The predicted octanol–water partition coefficient (Wildman–Crippen LogP) is 5.82. The van der Waals surface area contributed by atoms with Crippen molar-refractivity contribution in [2.45, 2.75) is 27.4 Å². The van der Waals surface area contributed by atoms with Gasteiger partial charge in [-0.3, -0.25) is 4.98 Å². The Bertz CT molecular complexity index is 1760. The van der Waals surface area contributed by atoms with Gasteiger partial charge in [0.15, 0.2) is 0 Å². The standard InChI is InChI=1S/C23H19N3O/c1-12-10-19(24-11-13(12)2)16-6-5-7-17-22-20(27-23(16)17)9-8-18-21(22)14(3)25-15(4)26-18/h5-11H,1-4H3/i1D3,2D3,3D3,4D3. The molecule has 5 aromatic rings. The number of aromatic nitrogens is 3. The summed E-state index contributed by atoms with van der Waals surface area (Å²) in [5.41, 5.74) is -0.123. The highest BCUT2D eigenvalue weighted by molar-refractivity contribution is 6.20. The van der Waals surface area contributed by atoms with Crippen LogP contribution in [0, 0.1) is 27.4 Å². The van der Waals surface area contributed by atoms with Gasteiger partial charge in [-0.15, -0.1) is 0 Å². The van der Waals surface area contributed by atoms with Gasteiger partial charge in [0.25, 0.3) is 0 Å². The molecule has 0 N–H and O–H groups in total. The Morgan fingerprint density at radius 2 is 1.89 bits per heavy atom. The zero-order chi connectivity index (χ0) is 28.7. The van der Waals surface area contributed by atoms with Crippen molar-refractivity contribution in [2.24, 2.45) is 0 Å². The molecular formula is C23H19N3O. The zero-order valence-electron chi connectivity index (χ0n) is 25.8. The third-order valence-electron chi connectivity index (χ3n) is 4.50. The summed E-state index contributed by atoms with van der Waals surface area (Å²) < 4.78 is 99.9. The largest absolute Gasteiger partial charge is 0.455 e. The molecule has 132 valence electrons. The van der Waals surface area contributed by atoms with Crippen LogP contribution >= 0.6 is 0 Å². The van der Waals surface area contributed by atoms with E-state index in [2.05, 4.69) is 15.0 Å². The second-order valence-corrected chi connectivity index (χ2v) is 6.13. The van der Waals surface area contributed by atoms with Gasteiger partial charge in [-0.25, -0.2) is 9.97 Å². The van der Waals surface area contributed by atoms with E-state index in [1.165, 1.54) is 18.2 Å². The van der Waals surface area contributed by atoms with Crippen molar-refractivity contribution in [3.63, 3.8) is 0 Å². The van der Waals surface area contributed by atoms with Crippen LogP contribution < -0.4 is 0 Å². The molecule has 0 aliphatic heterocycles. The Balaban J connectivity index is 1.86. The first kappa shape index (κ1) is 7.77. The number of pyridine rings is 1. The Labute approximate surface area is 173 Å². The lowest BCUT2D eigenvalue weighted by Gasteiger charge is -2.05. The van der Waals surface area contributed by atoms with Crippen LogP contribution in [0.15, 0.2) is 47.0 Å². The summed E-state index contributed by atoms with van der Waals surface area (Å²) in [5.74, 6) is -0.593. The van der Waals surface area contributed by atoms with Gasteiger partial charge in [-0.1, -0.05) is 12.1 Å². The summed E-state index contributed by atoms with van der Waals surface area (Å²) in [7, 11) is 0. The molecule has 0 spiro atoms. The smallest absolute Gasteiger partial charge is 0.144 e. The number of para-hydroxylation sites is 1. The van der Waals surface area contributed by atoms with Crippen molar-refractivity contribution in [2.75, 3.05) is 0 Å². The maximum atomic E-state index is 8.04. The number of hydrogen-bond donors (Lipinski definition) is 0. The second kappa shape index (κ2) is 5.61. The van der Waals surface area contributed by atoms with Crippen LogP contribution in [0.3, 0.4) is 0 Å². The molecule has 0 fully saturated rings. The number of hydrogen-bond acceptors (Lipinski definition) is 4. The van der Waals surface area contributed by atoms with Crippen molar-refractivity contribution in [1.82, 2.24) is 15.0 Å². The van der Waals surface area contributed by atoms with Crippen LogP contribution in [0.1, 0.15) is 39.1 Å². The van der Waals surface area contributed by atoms with Gasteiger partial charge in [-0.2, -0.15) is 0 Å². The predicted molar refractivity (Wildman–Crippen MR) is 109 cm³/mol. The Kier molecular flexibility index (Phi) is 1.61. The number of fused-ring (bicyclic) bond motifs is 5. The highest BCUT2D eigenvalue weighted by Gasteiger charge is 2.17. The fraction of sp³-hybridized carbons (Fsp3) is 0.174. The van der Waals surface area contributed by atoms with Gasteiger partial charge in [-0.05, 0) is 62.8 Å². The Morgan fingerprint density at radius 3 is 2.74 bits per heavy atom. The first-order chi connectivity index (χ1) is 17.9. The first-order valence-electron chi connectivity index (χ1n) is 14.1. The zero-order valence-corrected chi connectivity index (χ0v) is 13.8. The summed E-state index contributed by atoms with van der Waals surface area (Å²) >= 11 is 0. The summed E-state index contributed by atoms with van der Waals surface area (Å²) in [6.07, 6.45) is 1.01. The van der Waals surface area contributed by atoms with E-state index in [4.69, 9.17) is 20.9 Å². The normalized spacial score (nSPS) is 20.1. The minimum Gasteiger partial charge on any atom is -0.455 e. The lowest BCUT2D eigenvalue weighted by molar-refractivity contribution is 0.670. The molecule has 0 aliphatic carbocycles. The fourth-order valence-electron chi connectivity index (χ4n) is 3.32. The molecule has 27 heavy (non-hydrogen) atoms. The van der Waals surface area contributed by atoms with Crippen molar-refractivity contribution in [1.29, 1.82) is 0 Å². The quantitative estimate of drug-likeness (QED) is 0.375. The monoisotopic (exact) mass is 365 g/mol. The third-order valence-corrected chi connectivity index (χ3v) is 4.50. The highest BCUT2D eigenvalue weighted by Crippen LogP contribution is 2.39. The summed E-state index contributed by atoms with van der Waals surface area (Å²) in [6.45, 7) is -10.9. The molecule has 0 unspecified atom stereocenters. The van der Waals surface area contributed by atoms with Gasteiger partial charge in [0, 0.05) is 50.1 Å². The van der Waals surface area contributed by atoms with Gasteiger partial charge in [0.05, 0.1) is 11.2 Å². The average molecular weight is 365 g/mol. The van der Waals surface area contributed by atoms with E-state index in [0.29, 0.717) is 16.3 Å². The van der Waals surface area contributed by atoms with Crippen LogP contribution in [-0.4, -0.2) is 15.0 Å². The van der Waals surface area contributed by atoms with Gasteiger partial charge >= 0.3 is 0 Å². The Hall–Kier alpha value is -3.27. The fourth-order valence-corrected chi connectivity index (χ4v) is 3.32. The molecule has 4 nitrogen and oxygen atoms in total. The van der Waals surface area contributed by atoms with Crippen LogP contribution in [0.5, 0.6) is 0 Å².